The molecule has 0 N–H and O–H groups in total. The lowest BCUT2D eigenvalue weighted by Crippen LogP contribution is -2.11. The molecule has 152 valence electrons. The summed E-state index contributed by atoms with van der Waals surface area (Å²) in [5, 5.41) is 7.06. The van der Waals surface area contributed by atoms with Crippen LogP contribution in [0.2, 0.25) is 5.02 Å². The second-order valence-corrected chi connectivity index (χ2v) is 7.83. The molecule has 0 spiro atoms. The van der Waals surface area contributed by atoms with Crippen molar-refractivity contribution in [1.82, 2.24) is 19.7 Å². The second kappa shape index (κ2) is 8.33. The summed E-state index contributed by atoms with van der Waals surface area (Å²) in [6.45, 7) is 3.75. The van der Waals surface area contributed by atoms with Crippen molar-refractivity contribution in [3.8, 4) is 16.4 Å². The molecule has 0 fully saturated rings. The highest BCUT2D eigenvalue weighted by Crippen LogP contribution is 2.25. The first-order valence-corrected chi connectivity index (χ1v) is 10.2. The number of benzene rings is 1. The molecular formula is C21H16ClFN4O2S. The molecule has 0 radical (unpaired) electrons. The van der Waals surface area contributed by atoms with Crippen molar-refractivity contribution in [2.75, 3.05) is 0 Å². The van der Waals surface area contributed by atoms with Gasteiger partial charge in [-0.05, 0) is 56.3 Å². The van der Waals surface area contributed by atoms with Gasteiger partial charge in [0.2, 0.25) is 0 Å². The van der Waals surface area contributed by atoms with Gasteiger partial charge in [0, 0.05) is 16.6 Å². The minimum absolute atomic E-state index is 0.00991. The Morgan fingerprint density at radius 3 is 2.63 bits per heavy atom. The van der Waals surface area contributed by atoms with E-state index in [1.54, 1.807) is 34.3 Å². The molecule has 3 aromatic heterocycles. The molecule has 4 rings (SSSR count). The summed E-state index contributed by atoms with van der Waals surface area (Å²) >= 11 is 7.55. The van der Waals surface area contributed by atoms with Gasteiger partial charge >= 0.3 is 5.97 Å². The maximum Gasteiger partial charge on any atom is 0.358 e. The van der Waals surface area contributed by atoms with Crippen molar-refractivity contribution < 1.29 is 13.9 Å². The number of esters is 1. The second-order valence-electron chi connectivity index (χ2n) is 6.57. The van der Waals surface area contributed by atoms with Crippen molar-refractivity contribution in [1.29, 1.82) is 0 Å². The van der Waals surface area contributed by atoms with Gasteiger partial charge in [-0.3, -0.25) is 0 Å². The number of carbonyl (C=O) groups is 1. The van der Waals surface area contributed by atoms with Gasteiger partial charge in [0.15, 0.2) is 11.5 Å². The SMILES string of the molecule is Cc1cc(C)n(-c2ccc(Cl)c(C(=O)OCc3csc(-c4ccc(F)cc4)n3)n2)n1. The molecule has 0 aliphatic rings. The smallest absolute Gasteiger partial charge is 0.358 e. The van der Waals surface area contributed by atoms with Crippen molar-refractivity contribution in [3.05, 3.63) is 81.5 Å². The quantitative estimate of drug-likeness (QED) is 0.399. The van der Waals surface area contributed by atoms with Crippen LogP contribution >= 0.6 is 22.9 Å². The number of hydrogen-bond acceptors (Lipinski definition) is 6. The Morgan fingerprint density at radius 2 is 1.93 bits per heavy atom. The Balaban J connectivity index is 1.49. The molecule has 3 heterocycles. The number of aryl methyl sites for hydroxylation is 2. The lowest BCUT2D eigenvalue weighted by Gasteiger charge is -2.08. The number of ether oxygens (including phenoxy) is 1. The van der Waals surface area contributed by atoms with E-state index in [0.29, 0.717) is 16.5 Å². The summed E-state index contributed by atoms with van der Waals surface area (Å²) < 4.78 is 20.1. The van der Waals surface area contributed by atoms with E-state index in [-0.39, 0.29) is 23.1 Å². The summed E-state index contributed by atoms with van der Waals surface area (Å²) in [6, 6.07) is 11.2. The van der Waals surface area contributed by atoms with Crippen LogP contribution in [0.3, 0.4) is 0 Å². The minimum atomic E-state index is -0.653. The number of carbonyl (C=O) groups excluding carboxylic acids is 1. The van der Waals surface area contributed by atoms with Crippen molar-refractivity contribution in [3.63, 3.8) is 0 Å². The molecule has 0 unspecified atom stereocenters. The Kier molecular flexibility index (Phi) is 5.61. The van der Waals surface area contributed by atoms with E-state index in [4.69, 9.17) is 16.3 Å². The number of hydrogen-bond donors (Lipinski definition) is 0. The summed E-state index contributed by atoms with van der Waals surface area (Å²) in [5.41, 5.74) is 3.11. The van der Waals surface area contributed by atoms with Gasteiger partial charge in [0.1, 0.15) is 17.4 Å². The molecular weight excluding hydrogens is 427 g/mol. The van der Waals surface area contributed by atoms with Gasteiger partial charge in [-0.15, -0.1) is 11.3 Å². The Bertz CT molecular complexity index is 1220. The first-order chi connectivity index (χ1) is 14.4. The van der Waals surface area contributed by atoms with Crippen molar-refractivity contribution in [2.45, 2.75) is 20.5 Å². The van der Waals surface area contributed by atoms with Crippen molar-refractivity contribution in [2.24, 2.45) is 0 Å². The zero-order valence-corrected chi connectivity index (χ0v) is 17.7. The van der Waals surface area contributed by atoms with Crippen LogP contribution in [0.1, 0.15) is 27.6 Å². The number of rotatable bonds is 5. The largest absolute Gasteiger partial charge is 0.454 e. The monoisotopic (exact) mass is 442 g/mol. The zero-order chi connectivity index (χ0) is 21.3. The van der Waals surface area contributed by atoms with Crippen LogP contribution in [0.4, 0.5) is 4.39 Å². The third-order valence-electron chi connectivity index (χ3n) is 4.25. The fourth-order valence-corrected chi connectivity index (χ4v) is 3.85. The van der Waals surface area contributed by atoms with Crippen LogP contribution in [0.5, 0.6) is 0 Å². The predicted molar refractivity (Wildman–Crippen MR) is 112 cm³/mol. The Hall–Kier alpha value is -3.10. The first-order valence-electron chi connectivity index (χ1n) is 8.98. The maximum absolute atomic E-state index is 13.1. The standard InChI is InChI=1S/C21H16ClFN4O2S/c1-12-9-13(2)27(26-12)18-8-7-17(22)19(25-18)21(28)29-10-16-11-30-20(24-16)14-3-5-15(23)6-4-14/h3-9,11H,10H2,1-2H3. The fraction of sp³-hybridized carbons (Fsp3) is 0.143. The number of thiazole rings is 1. The van der Waals surface area contributed by atoms with Crippen LogP contribution in [0.15, 0.2) is 47.8 Å². The highest BCUT2D eigenvalue weighted by Gasteiger charge is 2.17. The van der Waals surface area contributed by atoms with Gasteiger partial charge in [-0.1, -0.05) is 11.6 Å². The van der Waals surface area contributed by atoms with Crippen LogP contribution < -0.4 is 0 Å². The van der Waals surface area contributed by atoms with E-state index in [1.807, 2.05) is 19.9 Å². The van der Waals surface area contributed by atoms with Gasteiger partial charge in [0.25, 0.3) is 0 Å². The third kappa shape index (κ3) is 4.24. The van der Waals surface area contributed by atoms with Crippen LogP contribution in [0.25, 0.3) is 16.4 Å². The van der Waals surface area contributed by atoms with Crippen molar-refractivity contribution >= 4 is 28.9 Å². The first kappa shape index (κ1) is 20.2. The number of pyridine rings is 1. The van der Waals surface area contributed by atoms with Gasteiger partial charge in [0.05, 0.1) is 16.4 Å². The molecule has 0 aliphatic carbocycles. The molecule has 1 aromatic carbocycles. The highest BCUT2D eigenvalue weighted by atomic mass is 35.5. The van der Waals surface area contributed by atoms with E-state index in [9.17, 15) is 9.18 Å². The lowest BCUT2D eigenvalue weighted by atomic mass is 10.2. The van der Waals surface area contributed by atoms with E-state index in [0.717, 1.165) is 17.0 Å². The van der Waals surface area contributed by atoms with Gasteiger partial charge < -0.3 is 4.74 Å². The number of aromatic nitrogens is 4. The minimum Gasteiger partial charge on any atom is -0.454 e. The lowest BCUT2D eigenvalue weighted by molar-refractivity contribution is 0.0461. The van der Waals surface area contributed by atoms with E-state index in [1.165, 1.54) is 23.5 Å². The van der Waals surface area contributed by atoms with E-state index in [2.05, 4.69) is 15.1 Å². The molecule has 0 saturated carbocycles. The average Bonchev–Trinajstić information content (AvgIpc) is 3.33. The molecule has 6 nitrogen and oxygen atoms in total. The zero-order valence-electron chi connectivity index (χ0n) is 16.1. The third-order valence-corrected chi connectivity index (χ3v) is 5.49. The van der Waals surface area contributed by atoms with E-state index >= 15 is 0 Å². The predicted octanol–water partition coefficient (Wildman–Crippen LogP) is 5.16. The number of nitrogens with zero attached hydrogens (tertiary/aromatic N) is 4. The van der Waals surface area contributed by atoms with E-state index < -0.39 is 5.97 Å². The topological polar surface area (TPSA) is 69.9 Å². The molecule has 30 heavy (non-hydrogen) atoms. The van der Waals surface area contributed by atoms with Crippen LogP contribution in [-0.4, -0.2) is 25.7 Å². The molecule has 0 amide bonds. The van der Waals surface area contributed by atoms with Gasteiger partial charge in [-0.2, -0.15) is 5.10 Å². The molecule has 0 saturated heterocycles. The fourth-order valence-electron chi connectivity index (χ4n) is 2.86. The molecule has 0 aliphatic heterocycles. The Morgan fingerprint density at radius 1 is 1.17 bits per heavy atom. The van der Waals surface area contributed by atoms with Crippen LogP contribution in [0, 0.1) is 19.7 Å². The van der Waals surface area contributed by atoms with Crippen LogP contribution in [-0.2, 0) is 11.3 Å². The summed E-state index contributed by atoms with van der Waals surface area (Å²) in [4.78, 5) is 21.3. The molecule has 0 bridgehead atoms. The van der Waals surface area contributed by atoms with Gasteiger partial charge in [-0.25, -0.2) is 23.8 Å². The molecule has 9 heteroatoms. The normalized spacial score (nSPS) is 10.9. The maximum atomic E-state index is 13.1. The Labute approximate surface area is 180 Å². The molecule has 0 atom stereocenters. The number of halogens is 2. The summed E-state index contributed by atoms with van der Waals surface area (Å²) in [5.74, 6) is -0.486. The summed E-state index contributed by atoms with van der Waals surface area (Å²) in [6.07, 6.45) is 0. The highest BCUT2D eigenvalue weighted by molar-refractivity contribution is 7.13. The average molecular weight is 443 g/mol. The molecule has 4 aromatic rings. The summed E-state index contributed by atoms with van der Waals surface area (Å²) in [7, 11) is 0.